The molecule has 2 rings (SSSR count). The van der Waals surface area contributed by atoms with Crippen molar-refractivity contribution in [3.8, 4) is 0 Å². The first-order valence-electron chi connectivity index (χ1n) is 5.09. The molecule has 0 aromatic heterocycles. The third-order valence-electron chi connectivity index (χ3n) is 3.94. The molecule has 1 nitrogen and oxygen atoms in total. The number of fused-ring (bicyclic) bond motifs is 2. The predicted octanol–water partition coefficient (Wildman–Crippen LogP) is 2.91. The van der Waals surface area contributed by atoms with Gasteiger partial charge in [-0.25, -0.2) is 0 Å². The molecule has 98 valence electrons. The van der Waals surface area contributed by atoms with Gasteiger partial charge in [0.1, 0.15) is 0 Å². The van der Waals surface area contributed by atoms with Crippen LogP contribution in [0.2, 0.25) is 0 Å². The van der Waals surface area contributed by atoms with Gasteiger partial charge in [-0.3, -0.25) is 0 Å². The lowest BCUT2D eigenvalue weighted by atomic mass is 9.67. The summed E-state index contributed by atoms with van der Waals surface area (Å²) in [6, 6.07) is 0. The first-order chi connectivity index (χ1) is 7.66. The van der Waals surface area contributed by atoms with E-state index in [1.165, 1.54) is 6.08 Å². The Balaban J connectivity index is 2.59. The van der Waals surface area contributed by atoms with Gasteiger partial charge in [-0.2, -0.15) is 26.3 Å². The molecule has 0 spiro atoms. The highest BCUT2D eigenvalue weighted by atomic mass is 19.4. The fourth-order valence-corrected chi connectivity index (χ4v) is 3.26. The minimum Gasteiger partial charge on any atom is -0.396 e. The maximum Gasteiger partial charge on any atom is 0.404 e. The molecule has 3 atom stereocenters. The van der Waals surface area contributed by atoms with Crippen molar-refractivity contribution in [3.63, 3.8) is 0 Å². The van der Waals surface area contributed by atoms with Crippen molar-refractivity contribution in [2.75, 3.05) is 6.61 Å². The highest BCUT2D eigenvalue weighted by Gasteiger charge is 2.80. The number of alkyl halides is 6. The normalized spacial score (nSPS) is 35.6. The molecule has 17 heavy (non-hydrogen) atoms. The molecule has 2 aliphatic rings. The van der Waals surface area contributed by atoms with Gasteiger partial charge in [0.05, 0.1) is 0 Å². The quantitative estimate of drug-likeness (QED) is 0.567. The average Bonchev–Trinajstić information content (AvgIpc) is 2.70. The van der Waals surface area contributed by atoms with Crippen LogP contribution in [0.1, 0.15) is 6.42 Å². The van der Waals surface area contributed by atoms with Crippen LogP contribution < -0.4 is 0 Å². The van der Waals surface area contributed by atoms with E-state index < -0.39 is 42.1 Å². The Morgan fingerprint density at radius 3 is 1.94 bits per heavy atom. The molecule has 0 aliphatic heterocycles. The van der Waals surface area contributed by atoms with Crippen LogP contribution in [0.15, 0.2) is 12.2 Å². The standard InChI is InChI=1S/C10H10F6O/c11-9(12,13)8(10(14,15)16)6-2-1-5(3-6)7(8)4-17/h1-2,5-7,17H,3-4H2. The van der Waals surface area contributed by atoms with Crippen molar-refractivity contribution in [2.24, 2.45) is 23.2 Å². The van der Waals surface area contributed by atoms with Gasteiger partial charge in [0.2, 0.25) is 0 Å². The molecule has 2 aliphatic carbocycles. The van der Waals surface area contributed by atoms with Crippen LogP contribution in [0, 0.1) is 23.2 Å². The van der Waals surface area contributed by atoms with Gasteiger partial charge in [-0.1, -0.05) is 12.2 Å². The van der Waals surface area contributed by atoms with E-state index in [0.29, 0.717) is 0 Å². The Hall–Kier alpha value is -0.720. The Kier molecular flexibility index (Phi) is 2.54. The minimum absolute atomic E-state index is 0.190. The number of allylic oxidation sites excluding steroid dienone is 2. The van der Waals surface area contributed by atoms with Gasteiger partial charge in [-0.05, 0) is 12.3 Å². The molecule has 0 saturated heterocycles. The lowest BCUT2D eigenvalue weighted by Crippen LogP contribution is -2.58. The summed E-state index contributed by atoms with van der Waals surface area (Å²) in [6.45, 7) is -1.11. The molecule has 1 saturated carbocycles. The number of halogens is 6. The molecular formula is C10H10F6O. The molecular weight excluding hydrogens is 250 g/mol. The first kappa shape index (κ1) is 12.7. The van der Waals surface area contributed by atoms with E-state index in [2.05, 4.69) is 0 Å². The molecule has 0 heterocycles. The fraction of sp³-hybridized carbons (Fsp3) is 0.800. The summed E-state index contributed by atoms with van der Waals surface area (Å²) in [5, 5.41) is 8.92. The van der Waals surface area contributed by atoms with E-state index in [0.717, 1.165) is 6.08 Å². The first-order valence-corrected chi connectivity index (χ1v) is 5.09. The molecule has 3 unspecified atom stereocenters. The Morgan fingerprint density at radius 1 is 1.06 bits per heavy atom. The molecule has 0 radical (unpaired) electrons. The summed E-state index contributed by atoms with van der Waals surface area (Å²) in [5.74, 6) is -4.27. The monoisotopic (exact) mass is 260 g/mol. The number of aliphatic hydroxyl groups is 1. The number of rotatable bonds is 1. The van der Waals surface area contributed by atoms with Gasteiger partial charge >= 0.3 is 12.4 Å². The molecule has 1 fully saturated rings. The van der Waals surface area contributed by atoms with Crippen molar-refractivity contribution < 1.29 is 31.4 Å². The Morgan fingerprint density at radius 2 is 1.59 bits per heavy atom. The third-order valence-corrected chi connectivity index (χ3v) is 3.94. The van der Waals surface area contributed by atoms with Crippen molar-refractivity contribution in [3.05, 3.63) is 12.2 Å². The highest BCUT2D eigenvalue weighted by molar-refractivity contribution is 5.23. The van der Waals surface area contributed by atoms with E-state index in [9.17, 15) is 26.3 Å². The Labute approximate surface area is 93.1 Å². The lowest BCUT2D eigenvalue weighted by molar-refractivity contribution is -0.366. The van der Waals surface area contributed by atoms with Gasteiger partial charge in [0.25, 0.3) is 0 Å². The summed E-state index contributed by atoms with van der Waals surface area (Å²) < 4.78 is 77.6. The second-order valence-electron chi connectivity index (χ2n) is 4.54. The van der Waals surface area contributed by atoms with Crippen molar-refractivity contribution in [1.29, 1.82) is 0 Å². The molecule has 1 N–H and O–H groups in total. The van der Waals surface area contributed by atoms with Crippen molar-refractivity contribution in [2.45, 2.75) is 18.8 Å². The summed E-state index contributed by atoms with van der Waals surface area (Å²) in [6.07, 6.45) is -8.66. The average molecular weight is 260 g/mol. The molecule has 7 heteroatoms. The summed E-state index contributed by atoms with van der Waals surface area (Å²) in [5.41, 5.74) is -3.78. The molecule has 0 aromatic rings. The number of aliphatic hydroxyl groups excluding tert-OH is 1. The van der Waals surface area contributed by atoms with Crippen LogP contribution in [-0.2, 0) is 0 Å². The zero-order chi connectivity index (χ0) is 13.1. The van der Waals surface area contributed by atoms with E-state index >= 15 is 0 Å². The van der Waals surface area contributed by atoms with Crippen LogP contribution in [-0.4, -0.2) is 24.1 Å². The van der Waals surface area contributed by atoms with Crippen molar-refractivity contribution >= 4 is 0 Å². The second-order valence-corrected chi connectivity index (χ2v) is 4.54. The van der Waals surface area contributed by atoms with Gasteiger partial charge in [-0.15, -0.1) is 0 Å². The van der Waals surface area contributed by atoms with E-state index in [1.54, 1.807) is 0 Å². The Bertz CT molecular complexity index is 328. The SMILES string of the molecule is OCC1C2C=CC(C2)C1(C(F)(F)F)C(F)(F)F. The minimum atomic E-state index is -5.40. The van der Waals surface area contributed by atoms with Gasteiger partial charge < -0.3 is 5.11 Å². The maximum absolute atomic E-state index is 12.9. The lowest BCUT2D eigenvalue weighted by Gasteiger charge is -2.43. The van der Waals surface area contributed by atoms with E-state index in [4.69, 9.17) is 5.11 Å². The van der Waals surface area contributed by atoms with Crippen LogP contribution >= 0.6 is 0 Å². The zero-order valence-corrected chi connectivity index (χ0v) is 8.52. The van der Waals surface area contributed by atoms with Crippen molar-refractivity contribution in [1.82, 2.24) is 0 Å². The van der Waals surface area contributed by atoms with E-state index in [1.807, 2.05) is 0 Å². The molecule has 0 amide bonds. The summed E-state index contributed by atoms with van der Waals surface area (Å²) in [7, 11) is 0. The van der Waals surface area contributed by atoms with Crippen LogP contribution in [0.3, 0.4) is 0 Å². The summed E-state index contributed by atoms with van der Waals surface area (Å²) in [4.78, 5) is 0. The van der Waals surface area contributed by atoms with Gasteiger partial charge in [0, 0.05) is 18.4 Å². The third kappa shape index (κ3) is 1.37. The smallest absolute Gasteiger partial charge is 0.396 e. The van der Waals surface area contributed by atoms with Crippen LogP contribution in [0.25, 0.3) is 0 Å². The molecule has 2 bridgehead atoms. The predicted molar refractivity (Wildman–Crippen MR) is 45.9 cm³/mol. The van der Waals surface area contributed by atoms with E-state index in [-0.39, 0.29) is 6.42 Å². The number of hydrogen-bond donors (Lipinski definition) is 1. The fourth-order valence-electron chi connectivity index (χ4n) is 3.26. The largest absolute Gasteiger partial charge is 0.404 e. The maximum atomic E-state index is 12.9. The number of hydrogen-bond acceptors (Lipinski definition) is 1. The van der Waals surface area contributed by atoms with Crippen LogP contribution in [0.5, 0.6) is 0 Å². The topological polar surface area (TPSA) is 20.2 Å². The van der Waals surface area contributed by atoms with Crippen LogP contribution in [0.4, 0.5) is 26.3 Å². The zero-order valence-electron chi connectivity index (χ0n) is 8.52. The summed E-state index contributed by atoms with van der Waals surface area (Å²) >= 11 is 0. The highest BCUT2D eigenvalue weighted by Crippen LogP contribution is 2.69. The molecule has 0 aromatic carbocycles. The van der Waals surface area contributed by atoms with Gasteiger partial charge in [0.15, 0.2) is 5.41 Å². The second kappa shape index (κ2) is 3.40.